The third-order valence-corrected chi connectivity index (χ3v) is 7.24. The molecule has 204 valence electrons. The van der Waals surface area contributed by atoms with Crippen LogP contribution in [0.1, 0.15) is 30.4 Å². The van der Waals surface area contributed by atoms with Gasteiger partial charge in [0.05, 0.1) is 0 Å². The number of piperazine rings is 1. The Balaban J connectivity index is 1.33. The van der Waals surface area contributed by atoms with Gasteiger partial charge in [-0.15, -0.1) is 0 Å². The molecule has 1 heterocycles. The quantitative estimate of drug-likeness (QED) is 0.242. The van der Waals surface area contributed by atoms with Crippen molar-refractivity contribution in [1.29, 1.82) is 0 Å². The van der Waals surface area contributed by atoms with Crippen LogP contribution in [0.2, 0.25) is 0 Å². The summed E-state index contributed by atoms with van der Waals surface area (Å²) in [4.78, 5) is 28.9. The number of nitrogens with two attached hydrogens (primary N) is 1. The molecule has 0 saturated carbocycles. The predicted octanol–water partition coefficient (Wildman–Crippen LogP) is 5.71. The molecule has 1 fully saturated rings. The highest BCUT2D eigenvalue weighted by Gasteiger charge is 2.40. The van der Waals surface area contributed by atoms with Crippen molar-refractivity contribution in [2.45, 2.75) is 44.3 Å². The van der Waals surface area contributed by atoms with E-state index in [1.807, 2.05) is 84.9 Å². The van der Waals surface area contributed by atoms with Crippen LogP contribution in [0.3, 0.4) is 0 Å². The number of ether oxygens (including phenoxy) is 1. The second-order valence-corrected chi connectivity index (χ2v) is 10.2. The molecule has 4 aromatic carbocycles. The Kier molecular flexibility index (Phi) is 8.89. The summed E-state index contributed by atoms with van der Waals surface area (Å²) < 4.78 is 6.01. The van der Waals surface area contributed by atoms with Crippen LogP contribution in [0, 0.1) is 0 Å². The first-order chi connectivity index (χ1) is 19.6. The van der Waals surface area contributed by atoms with Gasteiger partial charge in [-0.2, -0.15) is 0 Å². The number of rotatable bonds is 11. The van der Waals surface area contributed by atoms with Gasteiger partial charge >= 0.3 is 0 Å². The number of nitrogens with one attached hydrogen (secondary N) is 1. The van der Waals surface area contributed by atoms with Crippen LogP contribution < -0.4 is 15.8 Å². The fourth-order valence-electron chi connectivity index (χ4n) is 5.15. The number of unbranched alkanes of at least 4 members (excludes halogenated alkanes) is 1. The van der Waals surface area contributed by atoms with E-state index >= 15 is 0 Å². The third kappa shape index (κ3) is 6.77. The molecule has 0 radical (unpaired) electrons. The number of para-hydroxylation sites is 1. The monoisotopic (exact) mass is 533 g/mol. The van der Waals surface area contributed by atoms with Crippen molar-refractivity contribution in [3.63, 3.8) is 0 Å². The number of nitrogens with zero attached hydrogens (tertiary/aromatic N) is 1. The van der Waals surface area contributed by atoms with Crippen LogP contribution in [-0.2, 0) is 22.6 Å². The van der Waals surface area contributed by atoms with Crippen LogP contribution in [0.4, 0.5) is 0 Å². The minimum absolute atomic E-state index is 0.0705. The molecule has 0 bridgehead atoms. The summed E-state index contributed by atoms with van der Waals surface area (Å²) in [6, 6.07) is 34.5. The van der Waals surface area contributed by atoms with E-state index in [1.165, 1.54) is 0 Å². The normalized spacial score (nSPS) is 17.0. The van der Waals surface area contributed by atoms with Crippen molar-refractivity contribution in [2.75, 3.05) is 6.54 Å². The first-order valence-electron chi connectivity index (χ1n) is 13.9. The van der Waals surface area contributed by atoms with Crippen molar-refractivity contribution >= 4 is 11.8 Å². The molecule has 5 rings (SSSR count). The SMILES string of the molecule is NCCCC[C@H]1C(=O)N[C@@H](Cc2ccc(-c3ccccc3)cc2)C(=O)N1Cc1cccc(Oc2ccccc2)c1. The molecule has 3 N–H and O–H groups in total. The maximum Gasteiger partial charge on any atom is 0.246 e. The zero-order valence-electron chi connectivity index (χ0n) is 22.5. The number of carbonyl (C=O) groups is 2. The second kappa shape index (κ2) is 13.1. The third-order valence-electron chi connectivity index (χ3n) is 7.24. The molecule has 0 spiro atoms. The minimum Gasteiger partial charge on any atom is -0.457 e. The zero-order valence-corrected chi connectivity index (χ0v) is 22.5. The summed E-state index contributed by atoms with van der Waals surface area (Å²) >= 11 is 0. The summed E-state index contributed by atoms with van der Waals surface area (Å²) in [6.45, 7) is 0.887. The molecule has 4 aromatic rings. The molecule has 2 atom stereocenters. The summed E-state index contributed by atoms with van der Waals surface area (Å²) in [7, 11) is 0. The Bertz CT molecular complexity index is 1410. The number of hydrogen-bond acceptors (Lipinski definition) is 4. The van der Waals surface area contributed by atoms with Gasteiger partial charge in [-0.3, -0.25) is 9.59 Å². The second-order valence-electron chi connectivity index (χ2n) is 10.2. The van der Waals surface area contributed by atoms with E-state index < -0.39 is 12.1 Å². The van der Waals surface area contributed by atoms with Crippen LogP contribution in [-0.4, -0.2) is 35.3 Å². The van der Waals surface area contributed by atoms with Gasteiger partial charge in [0.1, 0.15) is 23.6 Å². The highest BCUT2D eigenvalue weighted by molar-refractivity contribution is 5.97. The topological polar surface area (TPSA) is 84.7 Å². The summed E-state index contributed by atoms with van der Waals surface area (Å²) in [5, 5.41) is 3.01. The fraction of sp³-hybridized carbons (Fsp3) is 0.235. The van der Waals surface area contributed by atoms with Crippen LogP contribution in [0.15, 0.2) is 109 Å². The average molecular weight is 534 g/mol. The van der Waals surface area contributed by atoms with E-state index in [4.69, 9.17) is 10.5 Å². The molecule has 6 nitrogen and oxygen atoms in total. The van der Waals surface area contributed by atoms with Gasteiger partial charge in [0.15, 0.2) is 0 Å². The first-order valence-corrected chi connectivity index (χ1v) is 13.9. The lowest BCUT2D eigenvalue weighted by molar-refractivity contribution is -0.150. The van der Waals surface area contributed by atoms with E-state index in [9.17, 15) is 9.59 Å². The van der Waals surface area contributed by atoms with Crippen molar-refractivity contribution in [2.24, 2.45) is 5.73 Å². The largest absolute Gasteiger partial charge is 0.457 e. The Morgan fingerprint density at radius 3 is 2.12 bits per heavy atom. The van der Waals surface area contributed by atoms with Crippen molar-refractivity contribution in [3.8, 4) is 22.6 Å². The standard InChI is InChI=1S/C34H35N3O3/c35-21-8-7-16-32-33(38)36-31(23-25-17-19-28(20-18-25)27-11-3-1-4-12-27)34(39)37(32)24-26-10-9-15-30(22-26)40-29-13-5-2-6-14-29/h1-6,9-15,17-20,22,31-32H,7-8,16,21,23-24,35H2,(H,36,38)/t31-,32-/m0/s1. The maximum atomic E-state index is 13.8. The molecular weight excluding hydrogens is 498 g/mol. The summed E-state index contributed by atoms with van der Waals surface area (Å²) in [5.74, 6) is 1.25. The predicted molar refractivity (Wildman–Crippen MR) is 158 cm³/mol. The van der Waals surface area contributed by atoms with E-state index in [0.717, 1.165) is 40.8 Å². The fourth-order valence-corrected chi connectivity index (χ4v) is 5.15. The lowest BCUT2D eigenvalue weighted by atomic mass is 9.96. The maximum absolute atomic E-state index is 13.8. The van der Waals surface area contributed by atoms with Crippen LogP contribution in [0.5, 0.6) is 11.5 Å². The molecule has 0 aliphatic carbocycles. The van der Waals surface area contributed by atoms with Crippen LogP contribution >= 0.6 is 0 Å². The van der Waals surface area contributed by atoms with Gasteiger partial charge in [0, 0.05) is 13.0 Å². The summed E-state index contributed by atoms with van der Waals surface area (Å²) in [5.41, 5.74) is 9.87. The molecule has 2 amide bonds. The lowest BCUT2D eigenvalue weighted by Crippen LogP contribution is -2.63. The zero-order chi connectivity index (χ0) is 27.7. The minimum atomic E-state index is -0.621. The van der Waals surface area contributed by atoms with E-state index in [0.29, 0.717) is 31.7 Å². The van der Waals surface area contributed by atoms with E-state index in [2.05, 4.69) is 29.6 Å². The highest BCUT2D eigenvalue weighted by atomic mass is 16.5. The molecule has 1 saturated heterocycles. The molecule has 6 heteroatoms. The average Bonchev–Trinajstić information content (AvgIpc) is 2.99. The Hall–Kier alpha value is -4.42. The smallest absolute Gasteiger partial charge is 0.246 e. The molecule has 0 aromatic heterocycles. The summed E-state index contributed by atoms with van der Waals surface area (Å²) in [6.07, 6.45) is 2.60. The highest BCUT2D eigenvalue weighted by Crippen LogP contribution is 2.26. The number of carbonyl (C=O) groups excluding carboxylic acids is 2. The Morgan fingerprint density at radius 1 is 0.725 bits per heavy atom. The Morgan fingerprint density at radius 2 is 1.40 bits per heavy atom. The molecule has 1 aliphatic rings. The van der Waals surface area contributed by atoms with Gasteiger partial charge < -0.3 is 20.7 Å². The van der Waals surface area contributed by atoms with E-state index in [-0.39, 0.29) is 11.8 Å². The number of hydrogen-bond donors (Lipinski definition) is 2. The van der Waals surface area contributed by atoms with Gasteiger partial charge in [-0.1, -0.05) is 84.9 Å². The molecule has 0 unspecified atom stereocenters. The van der Waals surface area contributed by atoms with Crippen molar-refractivity contribution < 1.29 is 14.3 Å². The van der Waals surface area contributed by atoms with Gasteiger partial charge in [0.25, 0.3) is 0 Å². The van der Waals surface area contributed by atoms with Gasteiger partial charge in [-0.05, 0) is 72.3 Å². The van der Waals surface area contributed by atoms with Gasteiger partial charge in [0.2, 0.25) is 11.8 Å². The number of amides is 2. The van der Waals surface area contributed by atoms with Crippen molar-refractivity contribution in [3.05, 3.63) is 120 Å². The lowest BCUT2D eigenvalue weighted by Gasteiger charge is -2.39. The molecule has 1 aliphatic heterocycles. The van der Waals surface area contributed by atoms with Gasteiger partial charge in [-0.25, -0.2) is 0 Å². The number of benzene rings is 4. The molecular formula is C34H35N3O3. The van der Waals surface area contributed by atoms with Crippen LogP contribution in [0.25, 0.3) is 11.1 Å². The first kappa shape index (κ1) is 27.2. The Labute approximate surface area is 235 Å². The van der Waals surface area contributed by atoms with Crippen molar-refractivity contribution in [1.82, 2.24) is 10.2 Å². The van der Waals surface area contributed by atoms with E-state index in [1.54, 1.807) is 4.90 Å². The molecule has 40 heavy (non-hydrogen) atoms.